The summed E-state index contributed by atoms with van der Waals surface area (Å²) in [5.74, 6) is 1.11. The molecule has 0 saturated carbocycles. The van der Waals surface area contributed by atoms with Crippen LogP contribution in [0.3, 0.4) is 0 Å². The van der Waals surface area contributed by atoms with Crippen molar-refractivity contribution in [2.24, 2.45) is 5.41 Å². The average molecular weight is 450 g/mol. The molecular weight excluding hydrogens is 418 g/mol. The summed E-state index contributed by atoms with van der Waals surface area (Å²) >= 11 is 0. The van der Waals surface area contributed by atoms with E-state index in [4.69, 9.17) is 14.2 Å². The molecule has 2 aliphatic rings. The van der Waals surface area contributed by atoms with Crippen LogP contribution in [0.2, 0.25) is 0 Å². The van der Waals surface area contributed by atoms with Crippen LogP contribution in [0, 0.1) is 12.3 Å². The smallest absolute Gasteiger partial charge is 0.232 e. The van der Waals surface area contributed by atoms with Gasteiger partial charge in [-0.3, -0.25) is 14.5 Å². The molecule has 33 heavy (non-hydrogen) atoms. The van der Waals surface area contributed by atoms with E-state index in [0.717, 1.165) is 22.5 Å². The van der Waals surface area contributed by atoms with E-state index in [2.05, 4.69) is 13.8 Å². The van der Waals surface area contributed by atoms with E-state index in [9.17, 15) is 9.59 Å². The second-order valence-corrected chi connectivity index (χ2v) is 9.55. The van der Waals surface area contributed by atoms with Crippen LogP contribution in [0.25, 0.3) is 0 Å². The van der Waals surface area contributed by atoms with Crippen LogP contribution in [0.1, 0.15) is 50.2 Å². The summed E-state index contributed by atoms with van der Waals surface area (Å²) in [6, 6.07) is 11.5. The minimum absolute atomic E-state index is 0.0355. The fraction of sp³-hybridized carbons (Fsp3) is 0.407. The molecule has 1 heterocycles. The molecule has 1 amide bonds. The molecule has 0 aromatic heterocycles. The van der Waals surface area contributed by atoms with Crippen LogP contribution in [0.15, 0.2) is 47.7 Å². The number of benzene rings is 2. The van der Waals surface area contributed by atoms with E-state index in [1.54, 1.807) is 32.3 Å². The molecule has 6 heteroatoms. The summed E-state index contributed by atoms with van der Waals surface area (Å²) in [7, 11) is 4.68. The molecule has 2 aromatic rings. The fourth-order valence-electron chi connectivity index (χ4n) is 5.15. The normalized spacial score (nSPS) is 19.9. The van der Waals surface area contributed by atoms with E-state index >= 15 is 0 Å². The molecule has 0 fully saturated rings. The Bertz CT molecular complexity index is 1150. The summed E-state index contributed by atoms with van der Waals surface area (Å²) < 4.78 is 16.7. The Morgan fingerprint density at radius 3 is 2.30 bits per heavy atom. The lowest BCUT2D eigenvalue weighted by Crippen LogP contribution is -2.43. The van der Waals surface area contributed by atoms with Gasteiger partial charge in [0, 0.05) is 41.3 Å². The Balaban J connectivity index is 1.95. The molecule has 0 bridgehead atoms. The zero-order chi connectivity index (χ0) is 23.9. The quantitative estimate of drug-likeness (QED) is 0.629. The third kappa shape index (κ3) is 3.99. The van der Waals surface area contributed by atoms with Crippen molar-refractivity contribution in [2.45, 2.75) is 46.0 Å². The zero-order valence-corrected chi connectivity index (χ0v) is 20.2. The number of Topliss-reactive ketones (excluding diaryl/α,β-unsaturated/α-hetero) is 1. The number of nitrogens with zero attached hydrogens (tertiary/aromatic N) is 1. The molecule has 0 spiro atoms. The monoisotopic (exact) mass is 449 g/mol. The molecule has 1 atom stereocenters. The molecule has 1 aliphatic heterocycles. The highest BCUT2D eigenvalue weighted by molar-refractivity contribution is 6.08. The number of allylic oxidation sites excluding steroid dienone is 2. The number of carbonyl (C=O) groups is 2. The van der Waals surface area contributed by atoms with E-state index in [0.29, 0.717) is 35.7 Å². The van der Waals surface area contributed by atoms with Gasteiger partial charge in [-0.05, 0) is 42.5 Å². The topological polar surface area (TPSA) is 65.1 Å². The van der Waals surface area contributed by atoms with Gasteiger partial charge in [0.1, 0.15) is 0 Å². The van der Waals surface area contributed by atoms with Gasteiger partial charge in [0.2, 0.25) is 11.7 Å². The van der Waals surface area contributed by atoms with E-state index in [1.165, 1.54) is 0 Å². The van der Waals surface area contributed by atoms with Crippen LogP contribution < -0.4 is 19.1 Å². The third-order valence-electron chi connectivity index (χ3n) is 6.51. The summed E-state index contributed by atoms with van der Waals surface area (Å²) in [5.41, 5.74) is 3.87. The molecule has 174 valence electrons. The molecule has 1 aliphatic carbocycles. The van der Waals surface area contributed by atoms with Crippen molar-refractivity contribution < 1.29 is 23.8 Å². The average Bonchev–Trinajstić information content (AvgIpc) is 2.76. The van der Waals surface area contributed by atoms with Crippen molar-refractivity contribution in [3.63, 3.8) is 0 Å². The first-order valence-corrected chi connectivity index (χ1v) is 11.2. The Kier molecular flexibility index (Phi) is 5.95. The number of aryl methyl sites for hydroxylation is 1. The fourth-order valence-corrected chi connectivity index (χ4v) is 5.15. The number of hydrogen-bond donors (Lipinski definition) is 0. The zero-order valence-electron chi connectivity index (χ0n) is 20.2. The molecule has 2 aromatic carbocycles. The lowest BCUT2D eigenvalue weighted by atomic mass is 9.69. The van der Waals surface area contributed by atoms with Crippen LogP contribution in [-0.4, -0.2) is 33.0 Å². The molecule has 0 N–H and O–H groups in total. The first kappa shape index (κ1) is 22.9. The minimum atomic E-state index is -0.410. The van der Waals surface area contributed by atoms with Gasteiger partial charge in [-0.2, -0.15) is 0 Å². The molecular formula is C27H31NO5. The molecule has 4 rings (SSSR count). The maximum absolute atomic E-state index is 13.6. The summed E-state index contributed by atoms with van der Waals surface area (Å²) in [6.45, 7) is 6.16. The number of anilines is 1. The summed E-state index contributed by atoms with van der Waals surface area (Å²) in [4.78, 5) is 28.9. The maximum atomic E-state index is 13.6. The second-order valence-electron chi connectivity index (χ2n) is 9.55. The largest absolute Gasteiger partial charge is 0.493 e. The number of ether oxygens (including phenoxy) is 3. The Hall–Kier alpha value is -3.28. The maximum Gasteiger partial charge on any atom is 0.232 e. The van der Waals surface area contributed by atoms with Crippen molar-refractivity contribution >= 4 is 17.4 Å². The second kappa shape index (κ2) is 8.58. The number of hydrogen-bond acceptors (Lipinski definition) is 5. The highest BCUT2D eigenvalue weighted by Crippen LogP contribution is 2.52. The Labute approximate surface area is 195 Å². The van der Waals surface area contributed by atoms with Gasteiger partial charge in [-0.25, -0.2) is 0 Å². The van der Waals surface area contributed by atoms with E-state index in [-0.39, 0.29) is 23.5 Å². The van der Waals surface area contributed by atoms with Crippen LogP contribution in [-0.2, 0) is 9.59 Å². The van der Waals surface area contributed by atoms with Gasteiger partial charge in [0.05, 0.1) is 21.3 Å². The summed E-state index contributed by atoms with van der Waals surface area (Å²) in [5, 5.41) is 0. The van der Waals surface area contributed by atoms with Crippen molar-refractivity contribution in [3.05, 3.63) is 58.8 Å². The molecule has 1 unspecified atom stereocenters. The number of ketones is 1. The minimum Gasteiger partial charge on any atom is -0.493 e. The molecule has 0 saturated heterocycles. The SMILES string of the molecule is COc1ccc(C2CC(=O)N(c3cccc(C)c3)C3=C2C(=O)CC(C)(C)C3)c(OC)c1OC. The number of methoxy groups -OCH3 is 3. The van der Waals surface area contributed by atoms with Crippen molar-refractivity contribution in [1.29, 1.82) is 0 Å². The lowest BCUT2D eigenvalue weighted by Gasteiger charge is -2.43. The first-order chi connectivity index (χ1) is 15.7. The third-order valence-corrected chi connectivity index (χ3v) is 6.51. The Morgan fingerprint density at radius 2 is 1.67 bits per heavy atom. The van der Waals surface area contributed by atoms with Gasteiger partial charge >= 0.3 is 0 Å². The van der Waals surface area contributed by atoms with Gasteiger partial charge in [-0.1, -0.05) is 32.0 Å². The van der Waals surface area contributed by atoms with Gasteiger partial charge in [0.25, 0.3) is 0 Å². The Morgan fingerprint density at radius 1 is 0.939 bits per heavy atom. The van der Waals surface area contributed by atoms with E-state index in [1.807, 2.05) is 37.3 Å². The van der Waals surface area contributed by atoms with Crippen molar-refractivity contribution in [3.8, 4) is 17.2 Å². The van der Waals surface area contributed by atoms with E-state index < -0.39 is 5.92 Å². The van der Waals surface area contributed by atoms with Crippen molar-refractivity contribution in [1.82, 2.24) is 0 Å². The lowest BCUT2D eigenvalue weighted by molar-refractivity contribution is -0.121. The highest BCUT2D eigenvalue weighted by atomic mass is 16.5. The van der Waals surface area contributed by atoms with Crippen LogP contribution in [0.5, 0.6) is 17.2 Å². The van der Waals surface area contributed by atoms with Gasteiger partial charge in [-0.15, -0.1) is 0 Å². The number of amides is 1. The highest BCUT2D eigenvalue weighted by Gasteiger charge is 2.45. The molecule has 0 radical (unpaired) electrons. The van der Waals surface area contributed by atoms with Gasteiger partial charge in [0.15, 0.2) is 17.3 Å². The summed E-state index contributed by atoms with van der Waals surface area (Å²) in [6.07, 6.45) is 1.25. The standard InChI is InChI=1S/C27H31NO5/c1-16-8-7-9-17(12-16)28-20-14-27(2,3)15-21(29)24(20)19(13-23(28)30)18-10-11-22(31-4)26(33-6)25(18)32-5/h7-12,19H,13-15H2,1-6H3. The number of carbonyl (C=O) groups excluding carboxylic acids is 2. The van der Waals surface area contributed by atoms with Crippen LogP contribution >= 0.6 is 0 Å². The number of rotatable bonds is 5. The molecule has 6 nitrogen and oxygen atoms in total. The predicted molar refractivity (Wildman–Crippen MR) is 127 cm³/mol. The van der Waals surface area contributed by atoms with Gasteiger partial charge < -0.3 is 14.2 Å². The first-order valence-electron chi connectivity index (χ1n) is 11.2. The van der Waals surface area contributed by atoms with Crippen LogP contribution in [0.4, 0.5) is 5.69 Å². The predicted octanol–water partition coefficient (Wildman–Crippen LogP) is 5.18. The van der Waals surface area contributed by atoms with Crippen molar-refractivity contribution in [2.75, 3.05) is 26.2 Å².